The Kier molecular flexibility index (Phi) is 5.51. The first kappa shape index (κ1) is 18.8. The Morgan fingerprint density at radius 1 is 0.929 bits per heavy atom. The molecule has 0 unspecified atom stereocenters. The highest BCUT2D eigenvalue weighted by Crippen LogP contribution is 2.41. The molecule has 0 atom stereocenters. The summed E-state index contributed by atoms with van der Waals surface area (Å²) in [6.07, 6.45) is 3.72. The molecule has 1 aliphatic rings. The Morgan fingerprint density at radius 2 is 1.50 bits per heavy atom. The first-order valence-electron chi connectivity index (χ1n) is 10.0. The molecule has 1 N–H and O–H groups in total. The third kappa shape index (κ3) is 3.84. The van der Waals surface area contributed by atoms with Gasteiger partial charge in [-0.05, 0) is 56.0 Å². The van der Waals surface area contributed by atoms with Gasteiger partial charge in [-0.2, -0.15) is 0 Å². The van der Waals surface area contributed by atoms with E-state index in [4.69, 9.17) is 0 Å². The van der Waals surface area contributed by atoms with Crippen LogP contribution < -0.4 is 0 Å². The average molecular weight is 374 g/mol. The lowest BCUT2D eigenvalue weighted by Gasteiger charge is -2.42. The van der Waals surface area contributed by atoms with Crippen LogP contribution in [0.3, 0.4) is 0 Å². The SMILES string of the molecule is Cc1nccc(CN2CCC(C(O)(c3ccccc3)c3ccccc3)CC2)n1. The van der Waals surface area contributed by atoms with Crippen molar-refractivity contribution in [3.05, 3.63) is 95.6 Å². The van der Waals surface area contributed by atoms with Crippen LogP contribution in [0.5, 0.6) is 0 Å². The number of hydrogen-bond acceptors (Lipinski definition) is 4. The largest absolute Gasteiger partial charge is 0.380 e. The fourth-order valence-electron chi connectivity index (χ4n) is 4.35. The van der Waals surface area contributed by atoms with Gasteiger partial charge in [0.05, 0.1) is 5.69 Å². The lowest BCUT2D eigenvalue weighted by molar-refractivity contribution is -0.0154. The average Bonchev–Trinajstić information content (AvgIpc) is 2.75. The first-order chi connectivity index (χ1) is 13.7. The van der Waals surface area contributed by atoms with Gasteiger partial charge in [0.1, 0.15) is 11.4 Å². The maximum atomic E-state index is 12.0. The number of aryl methyl sites for hydroxylation is 1. The van der Waals surface area contributed by atoms with Crippen molar-refractivity contribution >= 4 is 0 Å². The minimum Gasteiger partial charge on any atom is -0.380 e. The number of piperidine rings is 1. The molecule has 1 aromatic heterocycles. The van der Waals surface area contributed by atoms with E-state index in [1.165, 1.54) is 0 Å². The van der Waals surface area contributed by atoms with Crippen LogP contribution in [0.15, 0.2) is 72.9 Å². The maximum absolute atomic E-state index is 12.0. The maximum Gasteiger partial charge on any atom is 0.125 e. The van der Waals surface area contributed by atoms with Crippen molar-refractivity contribution in [2.75, 3.05) is 13.1 Å². The Bertz CT molecular complexity index is 850. The summed E-state index contributed by atoms with van der Waals surface area (Å²) in [6, 6.07) is 22.2. The molecule has 1 aliphatic heterocycles. The van der Waals surface area contributed by atoms with Crippen molar-refractivity contribution in [3.63, 3.8) is 0 Å². The lowest BCUT2D eigenvalue weighted by Crippen LogP contribution is -2.44. The lowest BCUT2D eigenvalue weighted by atomic mass is 9.72. The van der Waals surface area contributed by atoms with Gasteiger partial charge in [0.2, 0.25) is 0 Å². The van der Waals surface area contributed by atoms with Crippen LogP contribution in [0.4, 0.5) is 0 Å². The molecule has 3 aromatic rings. The number of aromatic nitrogens is 2. The molecule has 0 spiro atoms. The van der Waals surface area contributed by atoms with E-state index in [0.717, 1.165) is 55.1 Å². The Balaban J connectivity index is 1.53. The predicted molar refractivity (Wildman–Crippen MR) is 111 cm³/mol. The molecule has 4 nitrogen and oxygen atoms in total. The highest BCUT2D eigenvalue weighted by molar-refractivity contribution is 5.37. The van der Waals surface area contributed by atoms with Crippen molar-refractivity contribution in [2.45, 2.75) is 31.9 Å². The van der Waals surface area contributed by atoms with Crippen LogP contribution in [0.1, 0.15) is 35.5 Å². The van der Waals surface area contributed by atoms with E-state index in [1.807, 2.05) is 79.9 Å². The second kappa shape index (κ2) is 8.21. The molecule has 2 heterocycles. The summed E-state index contributed by atoms with van der Waals surface area (Å²) in [7, 11) is 0. The second-order valence-corrected chi connectivity index (χ2v) is 7.64. The Labute approximate surface area is 166 Å². The number of rotatable bonds is 5. The van der Waals surface area contributed by atoms with E-state index >= 15 is 0 Å². The Morgan fingerprint density at radius 3 is 2.04 bits per heavy atom. The van der Waals surface area contributed by atoms with Gasteiger partial charge in [-0.25, -0.2) is 9.97 Å². The van der Waals surface area contributed by atoms with Gasteiger partial charge in [0.15, 0.2) is 0 Å². The molecule has 0 bridgehead atoms. The molecule has 28 heavy (non-hydrogen) atoms. The van der Waals surface area contributed by atoms with Gasteiger partial charge in [0.25, 0.3) is 0 Å². The standard InChI is InChI=1S/C24H27N3O/c1-19-25-15-12-23(26-19)18-27-16-13-22(14-17-27)24(28,20-8-4-2-5-9-20)21-10-6-3-7-11-21/h2-12,15,22,28H,13-14,16-18H2,1H3. The topological polar surface area (TPSA) is 49.2 Å². The molecule has 0 aliphatic carbocycles. The number of hydrogen-bond donors (Lipinski definition) is 1. The summed E-state index contributed by atoms with van der Waals surface area (Å²) < 4.78 is 0. The number of aliphatic hydroxyl groups is 1. The van der Waals surface area contributed by atoms with Crippen molar-refractivity contribution < 1.29 is 5.11 Å². The molecular weight excluding hydrogens is 346 g/mol. The summed E-state index contributed by atoms with van der Waals surface area (Å²) in [6.45, 7) is 4.67. The minimum atomic E-state index is -0.958. The Hall–Kier alpha value is -2.56. The normalized spacial score (nSPS) is 16.2. The van der Waals surface area contributed by atoms with Crippen LogP contribution in [-0.2, 0) is 12.1 Å². The first-order valence-corrected chi connectivity index (χ1v) is 10.0. The van der Waals surface area contributed by atoms with Gasteiger partial charge < -0.3 is 5.11 Å². The summed E-state index contributed by atoms with van der Waals surface area (Å²) in [5, 5.41) is 12.0. The zero-order valence-corrected chi connectivity index (χ0v) is 16.3. The van der Waals surface area contributed by atoms with Crippen LogP contribution in [-0.4, -0.2) is 33.1 Å². The third-order valence-corrected chi connectivity index (χ3v) is 5.83. The number of likely N-dealkylation sites (tertiary alicyclic amines) is 1. The predicted octanol–water partition coefficient (Wildman–Crippen LogP) is 3.93. The van der Waals surface area contributed by atoms with Crippen molar-refractivity contribution in [1.29, 1.82) is 0 Å². The van der Waals surface area contributed by atoms with Gasteiger partial charge >= 0.3 is 0 Å². The highest BCUT2D eigenvalue weighted by atomic mass is 16.3. The van der Waals surface area contributed by atoms with Crippen molar-refractivity contribution in [2.24, 2.45) is 5.92 Å². The smallest absolute Gasteiger partial charge is 0.125 e. The summed E-state index contributed by atoms with van der Waals surface area (Å²) >= 11 is 0. The molecule has 0 radical (unpaired) electrons. The molecule has 2 aromatic carbocycles. The number of benzene rings is 2. The van der Waals surface area contributed by atoms with Crippen LogP contribution in [0.2, 0.25) is 0 Å². The molecular formula is C24H27N3O. The van der Waals surface area contributed by atoms with E-state index in [1.54, 1.807) is 0 Å². The molecule has 0 amide bonds. The summed E-state index contributed by atoms with van der Waals surface area (Å²) in [5.41, 5.74) is 2.06. The molecule has 0 saturated carbocycles. The molecule has 144 valence electrons. The zero-order valence-electron chi connectivity index (χ0n) is 16.3. The quantitative estimate of drug-likeness (QED) is 0.736. The van der Waals surface area contributed by atoms with E-state index < -0.39 is 5.60 Å². The van der Waals surface area contributed by atoms with Crippen molar-refractivity contribution in [1.82, 2.24) is 14.9 Å². The van der Waals surface area contributed by atoms with E-state index in [9.17, 15) is 5.11 Å². The zero-order chi connectivity index (χ0) is 19.4. The number of nitrogens with zero attached hydrogens (tertiary/aromatic N) is 3. The molecule has 1 saturated heterocycles. The molecule has 4 rings (SSSR count). The summed E-state index contributed by atoms with van der Waals surface area (Å²) in [4.78, 5) is 11.1. The molecule has 4 heteroatoms. The fraction of sp³-hybridized carbons (Fsp3) is 0.333. The van der Waals surface area contributed by atoms with Gasteiger partial charge in [-0.1, -0.05) is 60.7 Å². The third-order valence-electron chi connectivity index (χ3n) is 5.83. The van der Waals surface area contributed by atoms with Crippen LogP contribution in [0.25, 0.3) is 0 Å². The monoisotopic (exact) mass is 373 g/mol. The van der Waals surface area contributed by atoms with E-state index in [2.05, 4.69) is 14.9 Å². The minimum absolute atomic E-state index is 0.181. The van der Waals surface area contributed by atoms with Gasteiger partial charge in [0, 0.05) is 12.7 Å². The van der Waals surface area contributed by atoms with Crippen LogP contribution in [0, 0.1) is 12.8 Å². The van der Waals surface area contributed by atoms with E-state index in [-0.39, 0.29) is 5.92 Å². The van der Waals surface area contributed by atoms with Crippen molar-refractivity contribution in [3.8, 4) is 0 Å². The highest BCUT2D eigenvalue weighted by Gasteiger charge is 2.41. The summed E-state index contributed by atoms with van der Waals surface area (Å²) in [5.74, 6) is 0.996. The van der Waals surface area contributed by atoms with Crippen LogP contribution >= 0.6 is 0 Å². The molecule has 1 fully saturated rings. The van der Waals surface area contributed by atoms with Gasteiger partial charge in [-0.3, -0.25) is 4.90 Å². The second-order valence-electron chi connectivity index (χ2n) is 7.64. The van der Waals surface area contributed by atoms with E-state index in [0.29, 0.717) is 0 Å². The fourth-order valence-corrected chi connectivity index (χ4v) is 4.35. The van der Waals surface area contributed by atoms with Gasteiger partial charge in [-0.15, -0.1) is 0 Å².